The third kappa shape index (κ3) is 4.74. The van der Waals surface area contributed by atoms with E-state index in [4.69, 9.17) is 4.74 Å². The molecule has 1 aromatic rings. The SMILES string of the molecule is CCCNC(COC(C)(C)C)c1cnnn1CC. The zero-order valence-electron chi connectivity index (χ0n) is 12.2. The largest absolute Gasteiger partial charge is 0.374 e. The van der Waals surface area contributed by atoms with E-state index >= 15 is 0 Å². The summed E-state index contributed by atoms with van der Waals surface area (Å²) in [7, 11) is 0. The third-order valence-corrected chi connectivity index (χ3v) is 2.63. The summed E-state index contributed by atoms with van der Waals surface area (Å²) >= 11 is 0. The van der Waals surface area contributed by atoms with Gasteiger partial charge in [0.05, 0.1) is 30.1 Å². The number of nitrogens with one attached hydrogen (secondary N) is 1. The van der Waals surface area contributed by atoms with Crippen LogP contribution in [0.4, 0.5) is 0 Å². The number of aromatic nitrogens is 3. The Bertz CT molecular complexity index is 343. The van der Waals surface area contributed by atoms with Gasteiger partial charge in [-0.3, -0.25) is 0 Å². The fourth-order valence-corrected chi connectivity index (χ4v) is 1.68. The topological polar surface area (TPSA) is 52.0 Å². The summed E-state index contributed by atoms with van der Waals surface area (Å²) in [4.78, 5) is 0. The van der Waals surface area contributed by atoms with E-state index in [-0.39, 0.29) is 11.6 Å². The molecule has 104 valence electrons. The van der Waals surface area contributed by atoms with E-state index in [9.17, 15) is 0 Å². The van der Waals surface area contributed by atoms with Gasteiger partial charge in [-0.25, -0.2) is 4.68 Å². The Balaban J connectivity index is 2.71. The number of nitrogens with zero attached hydrogens (tertiary/aromatic N) is 3. The molecule has 0 amide bonds. The minimum Gasteiger partial charge on any atom is -0.374 e. The number of aryl methyl sites for hydroxylation is 1. The van der Waals surface area contributed by atoms with Crippen molar-refractivity contribution in [3.63, 3.8) is 0 Å². The summed E-state index contributed by atoms with van der Waals surface area (Å²) < 4.78 is 7.80. The maximum absolute atomic E-state index is 5.88. The molecule has 1 rings (SSSR count). The maximum atomic E-state index is 5.88. The van der Waals surface area contributed by atoms with Gasteiger partial charge in [0.15, 0.2) is 0 Å². The molecule has 18 heavy (non-hydrogen) atoms. The first-order valence-corrected chi connectivity index (χ1v) is 6.73. The molecular weight excluding hydrogens is 228 g/mol. The van der Waals surface area contributed by atoms with Crippen LogP contribution in [0.25, 0.3) is 0 Å². The minimum absolute atomic E-state index is 0.128. The van der Waals surface area contributed by atoms with Crippen LogP contribution >= 0.6 is 0 Å². The second-order valence-electron chi connectivity index (χ2n) is 5.40. The van der Waals surface area contributed by atoms with E-state index in [1.165, 1.54) is 0 Å². The molecule has 1 heterocycles. The Morgan fingerprint density at radius 2 is 2.11 bits per heavy atom. The molecule has 1 unspecified atom stereocenters. The fourth-order valence-electron chi connectivity index (χ4n) is 1.68. The van der Waals surface area contributed by atoms with Crippen molar-refractivity contribution in [3.8, 4) is 0 Å². The van der Waals surface area contributed by atoms with Gasteiger partial charge in [0.1, 0.15) is 0 Å². The Morgan fingerprint density at radius 1 is 1.39 bits per heavy atom. The molecule has 0 spiro atoms. The molecule has 0 bridgehead atoms. The molecule has 0 saturated heterocycles. The summed E-state index contributed by atoms with van der Waals surface area (Å²) in [5.74, 6) is 0. The second kappa shape index (κ2) is 6.85. The van der Waals surface area contributed by atoms with E-state index < -0.39 is 0 Å². The van der Waals surface area contributed by atoms with Crippen molar-refractivity contribution in [2.24, 2.45) is 0 Å². The number of hydrogen-bond acceptors (Lipinski definition) is 4. The summed E-state index contributed by atoms with van der Waals surface area (Å²) in [6.07, 6.45) is 2.92. The summed E-state index contributed by atoms with van der Waals surface area (Å²) in [5, 5.41) is 11.6. The number of hydrogen-bond donors (Lipinski definition) is 1. The van der Waals surface area contributed by atoms with Gasteiger partial charge in [0.25, 0.3) is 0 Å². The Labute approximate surface area is 110 Å². The van der Waals surface area contributed by atoms with Crippen LogP contribution in [0.3, 0.4) is 0 Å². The van der Waals surface area contributed by atoms with Crippen molar-refractivity contribution >= 4 is 0 Å². The van der Waals surface area contributed by atoms with Crippen LogP contribution in [-0.2, 0) is 11.3 Å². The quantitative estimate of drug-likeness (QED) is 0.810. The summed E-state index contributed by atoms with van der Waals surface area (Å²) in [5.41, 5.74) is 0.964. The first-order chi connectivity index (χ1) is 8.48. The Morgan fingerprint density at radius 3 is 2.67 bits per heavy atom. The summed E-state index contributed by atoms with van der Waals surface area (Å²) in [6.45, 7) is 12.9. The van der Waals surface area contributed by atoms with E-state index in [0.717, 1.165) is 25.2 Å². The van der Waals surface area contributed by atoms with Crippen LogP contribution in [-0.4, -0.2) is 33.7 Å². The molecule has 0 aliphatic carbocycles. The van der Waals surface area contributed by atoms with Gasteiger partial charge in [-0.05, 0) is 40.7 Å². The lowest BCUT2D eigenvalue weighted by Gasteiger charge is -2.25. The highest BCUT2D eigenvalue weighted by molar-refractivity contribution is 5.02. The zero-order chi connectivity index (χ0) is 13.6. The first kappa shape index (κ1) is 15.1. The van der Waals surface area contributed by atoms with Gasteiger partial charge < -0.3 is 10.1 Å². The highest BCUT2D eigenvalue weighted by Crippen LogP contribution is 2.16. The van der Waals surface area contributed by atoms with Gasteiger partial charge in [0, 0.05) is 6.54 Å². The first-order valence-electron chi connectivity index (χ1n) is 6.73. The molecule has 1 atom stereocenters. The molecule has 0 saturated carbocycles. The monoisotopic (exact) mass is 254 g/mol. The van der Waals surface area contributed by atoms with Crippen molar-refractivity contribution in [2.75, 3.05) is 13.2 Å². The normalized spacial score (nSPS) is 13.8. The molecule has 0 fully saturated rings. The molecular formula is C13H26N4O. The Kier molecular flexibility index (Phi) is 5.75. The minimum atomic E-state index is -0.128. The lowest BCUT2D eigenvalue weighted by Crippen LogP contribution is -2.32. The highest BCUT2D eigenvalue weighted by Gasteiger charge is 2.19. The van der Waals surface area contributed by atoms with E-state index in [0.29, 0.717) is 6.61 Å². The molecule has 1 N–H and O–H groups in total. The van der Waals surface area contributed by atoms with Gasteiger partial charge in [0.2, 0.25) is 0 Å². The highest BCUT2D eigenvalue weighted by atomic mass is 16.5. The summed E-state index contributed by atoms with van der Waals surface area (Å²) in [6, 6.07) is 0.152. The van der Waals surface area contributed by atoms with Crippen LogP contribution in [0, 0.1) is 0 Å². The number of ether oxygens (including phenoxy) is 1. The van der Waals surface area contributed by atoms with Crippen LogP contribution < -0.4 is 5.32 Å². The van der Waals surface area contributed by atoms with Crippen LogP contribution in [0.2, 0.25) is 0 Å². The lowest BCUT2D eigenvalue weighted by molar-refractivity contribution is -0.0157. The van der Waals surface area contributed by atoms with Crippen LogP contribution in [0.15, 0.2) is 6.20 Å². The maximum Gasteiger partial charge on any atom is 0.0780 e. The second-order valence-corrected chi connectivity index (χ2v) is 5.40. The molecule has 5 nitrogen and oxygen atoms in total. The van der Waals surface area contributed by atoms with Crippen molar-refractivity contribution in [1.29, 1.82) is 0 Å². The standard InChI is InChI=1S/C13H26N4O/c1-6-8-14-11(10-18-13(3,4)5)12-9-15-16-17(12)7-2/h9,11,14H,6-8,10H2,1-5H3. The van der Waals surface area contributed by atoms with Crippen LogP contribution in [0.1, 0.15) is 52.8 Å². The fraction of sp³-hybridized carbons (Fsp3) is 0.846. The average Bonchev–Trinajstić information content (AvgIpc) is 2.76. The van der Waals surface area contributed by atoms with Crippen LogP contribution in [0.5, 0.6) is 0 Å². The van der Waals surface area contributed by atoms with Crippen molar-refractivity contribution in [2.45, 2.75) is 59.2 Å². The predicted octanol–water partition coefficient (Wildman–Crippen LogP) is 2.15. The molecule has 5 heteroatoms. The predicted molar refractivity (Wildman–Crippen MR) is 72.4 cm³/mol. The molecule has 0 radical (unpaired) electrons. The molecule has 0 aliphatic rings. The third-order valence-electron chi connectivity index (χ3n) is 2.63. The van der Waals surface area contributed by atoms with E-state index in [1.54, 1.807) is 0 Å². The smallest absolute Gasteiger partial charge is 0.0780 e. The van der Waals surface area contributed by atoms with Gasteiger partial charge in [-0.2, -0.15) is 0 Å². The zero-order valence-corrected chi connectivity index (χ0v) is 12.2. The van der Waals surface area contributed by atoms with Gasteiger partial charge >= 0.3 is 0 Å². The van der Waals surface area contributed by atoms with Crippen molar-refractivity contribution in [1.82, 2.24) is 20.3 Å². The van der Waals surface area contributed by atoms with Gasteiger partial charge in [-0.1, -0.05) is 12.1 Å². The van der Waals surface area contributed by atoms with E-state index in [1.807, 2.05) is 10.9 Å². The lowest BCUT2D eigenvalue weighted by atomic mass is 10.1. The molecule has 0 aliphatic heterocycles. The average molecular weight is 254 g/mol. The molecule has 1 aromatic heterocycles. The van der Waals surface area contributed by atoms with Gasteiger partial charge in [-0.15, -0.1) is 5.10 Å². The van der Waals surface area contributed by atoms with Crippen molar-refractivity contribution < 1.29 is 4.74 Å². The van der Waals surface area contributed by atoms with Crippen molar-refractivity contribution in [3.05, 3.63) is 11.9 Å². The Hall–Kier alpha value is -0.940. The molecule has 0 aromatic carbocycles. The number of rotatable bonds is 7. The van der Waals surface area contributed by atoms with E-state index in [2.05, 4.69) is 50.2 Å².